The summed E-state index contributed by atoms with van der Waals surface area (Å²) in [6, 6.07) is 23.6. The molecule has 0 aliphatic rings. The second-order valence-corrected chi connectivity index (χ2v) is 10.6. The SMILES string of the molecule is CC(C)c1coc2c(CC(C)c3cc4ccc(CC(C)c5occ6ccccc56)cc4o3)cccc12. The molecule has 0 aliphatic heterocycles. The van der Waals surface area contributed by atoms with Crippen molar-refractivity contribution in [2.75, 3.05) is 0 Å². The molecular formula is C33H32O3. The molecule has 0 aliphatic carbocycles. The number of fused-ring (bicyclic) bond motifs is 3. The topological polar surface area (TPSA) is 39.4 Å². The number of hydrogen-bond donors (Lipinski definition) is 0. The first-order chi connectivity index (χ1) is 17.5. The number of rotatable bonds is 7. The molecule has 2 atom stereocenters. The third kappa shape index (κ3) is 4.03. The summed E-state index contributed by atoms with van der Waals surface area (Å²) < 4.78 is 18.3. The van der Waals surface area contributed by atoms with Gasteiger partial charge in [0, 0.05) is 38.9 Å². The van der Waals surface area contributed by atoms with E-state index in [9.17, 15) is 0 Å². The van der Waals surface area contributed by atoms with E-state index in [2.05, 4.69) is 88.4 Å². The van der Waals surface area contributed by atoms with Gasteiger partial charge >= 0.3 is 0 Å². The van der Waals surface area contributed by atoms with E-state index in [1.807, 2.05) is 18.6 Å². The third-order valence-electron chi connectivity index (χ3n) is 7.48. The van der Waals surface area contributed by atoms with Gasteiger partial charge < -0.3 is 13.3 Å². The molecule has 182 valence electrons. The number of hydrogen-bond acceptors (Lipinski definition) is 3. The van der Waals surface area contributed by atoms with Crippen molar-refractivity contribution < 1.29 is 13.3 Å². The van der Waals surface area contributed by atoms with E-state index in [-0.39, 0.29) is 11.8 Å². The Kier molecular flexibility index (Phi) is 5.72. The minimum atomic E-state index is 0.243. The van der Waals surface area contributed by atoms with Crippen molar-refractivity contribution in [1.82, 2.24) is 0 Å². The van der Waals surface area contributed by atoms with Crippen LogP contribution >= 0.6 is 0 Å². The quantitative estimate of drug-likeness (QED) is 0.230. The van der Waals surface area contributed by atoms with Crippen LogP contribution in [0.15, 0.2) is 92.5 Å². The highest BCUT2D eigenvalue weighted by Crippen LogP contribution is 2.35. The van der Waals surface area contributed by atoms with Crippen molar-refractivity contribution >= 4 is 32.7 Å². The second kappa shape index (κ2) is 9.05. The Bertz CT molecular complexity index is 1660. The Labute approximate surface area is 211 Å². The zero-order chi connectivity index (χ0) is 24.8. The predicted molar refractivity (Wildman–Crippen MR) is 147 cm³/mol. The Morgan fingerprint density at radius 2 is 1.53 bits per heavy atom. The molecule has 3 aromatic carbocycles. The van der Waals surface area contributed by atoms with E-state index < -0.39 is 0 Å². The summed E-state index contributed by atoms with van der Waals surface area (Å²) in [4.78, 5) is 0. The summed E-state index contributed by atoms with van der Waals surface area (Å²) in [6.07, 6.45) is 5.55. The summed E-state index contributed by atoms with van der Waals surface area (Å²) in [6.45, 7) is 8.87. The van der Waals surface area contributed by atoms with Crippen LogP contribution in [-0.4, -0.2) is 0 Å². The van der Waals surface area contributed by atoms with Gasteiger partial charge in [0.1, 0.15) is 22.7 Å². The van der Waals surface area contributed by atoms with Crippen LogP contribution in [0.4, 0.5) is 0 Å². The fourth-order valence-electron chi connectivity index (χ4n) is 5.48. The van der Waals surface area contributed by atoms with Crippen molar-refractivity contribution in [3.8, 4) is 0 Å². The van der Waals surface area contributed by atoms with E-state index in [4.69, 9.17) is 13.3 Å². The van der Waals surface area contributed by atoms with Crippen molar-refractivity contribution in [3.63, 3.8) is 0 Å². The van der Waals surface area contributed by atoms with Gasteiger partial charge in [-0.3, -0.25) is 0 Å². The van der Waals surface area contributed by atoms with Gasteiger partial charge in [-0.05, 0) is 42.0 Å². The normalized spacial score (nSPS) is 13.8. The van der Waals surface area contributed by atoms with Crippen molar-refractivity contribution in [2.45, 2.75) is 58.3 Å². The lowest BCUT2D eigenvalue weighted by Crippen LogP contribution is -1.97. The monoisotopic (exact) mass is 476 g/mol. The van der Waals surface area contributed by atoms with Crippen LogP contribution in [-0.2, 0) is 12.8 Å². The maximum absolute atomic E-state index is 6.39. The lowest BCUT2D eigenvalue weighted by molar-refractivity contribution is 0.478. The summed E-state index contributed by atoms with van der Waals surface area (Å²) in [7, 11) is 0. The van der Waals surface area contributed by atoms with Gasteiger partial charge in [0.25, 0.3) is 0 Å². The first-order valence-corrected chi connectivity index (χ1v) is 13.0. The number of benzene rings is 3. The van der Waals surface area contributed by atoms with Crippen LogP contribution in [0.2, 0.25) is 0 Å². The first kappa shape index (κ1) is 22.7. The summed E-state index contributed by atoms with van der Waals surface area (Å²) in [5.74, 6) is 3.03. The van der Waals surface area contributed by atoms with Gasteiger partial charge in [-0.15, -0.1) is 0 Å². The molecule has 3 heteroatoms. The van der Waals surface area contributed by atoms with Gasteiger partial charge in [-0.2, -0.15) is 0 Å². The molecule has 3 nitrogen and oxygen atoms in total. The maximum atomic E-state index is 6.39. The Morgan fingerprint density at radius 3 is 2.39 bits per heavy atom. The van der Waals surface area contributed by atoms with E-state index >= 15 is 0 Å². The van der Waals surface area contributed by atoms with Gasteiger partial charge in [-0.25, -0.2) is 0 Å². The van der Waals surface area contributed by atoms with Crippen molar-refractivity contribution in [3.05, 3.63) is 107 Å². The lowest BCUT2D eigenvalue weighted by atomic mass is 9.95. The van der Waals surface area contributed by atoms with E-state index in [0.29, 0.717) is 5.92 Å². The highest BCUT2D eigenvalue weighted by atomic mass is 16.3. The fraction of sp³-hybridized carbons (Fsp3) is 0.273. The van der Waals surface area contributed by atoms with Gasteiger partial charge in [-0.1, -0.05) is 82.3 Å². The molecule has 0 saturated heterocycles. The number of para-hydroxylation sites is 1. The molecule has 0 N–H and O–H groups in total. The zero-order valence-electron chi connectivity index (χ0n) is 21.4. The van der Waals surface area contributed by atoms with E-state index in [1.165, 1.54) is 27.5 Å². The Hall–Kier alpha value is -3.72. The van der Waals surface area contributed by atoms with E-state index in [0.717, 1.165) is 46.3 Å². The second-order valence-electron chi connectivity index (χ2n) is 10.6. The van der Waals surface area contributed by atoms with Gasteiger partial charge in [0.05, 0.1) is 12.5 Å². The average molecular weight is 477 g/mol. The molecule has 2 unspecified atom stereocenters. The average Bonchev–Trinajstić information content (AvgIpc) is 3.60. The molecule has 36 heavy (non-hydrogen) atoms. The minimum absolute atomic E-state index is 0.243. The molecule has 6 aromatic rings. The highest BCUT2D eigenvalue weighted by Gasteiger charge is 2.19. The van der Waals surface area contributed by atoms with Crippen molar-refractivity contribution in [2.24, 2.45) is 0 Å². The van der Waals surface area contributed by atoms with Crippen LogP contribution in [0.5, 0.6) is 0 Å². The summed E-state index contributed by atoms with van der Waals surface area (Å²) >= 11 is 0. The van der Waals surface area contributed by atoms with Crippen LogP contribution in [0.1, 0.15) is 73.7 Å². The summed E-state index contributed by atoms with van der Waals surface area (Å²) in [5, 5.41) is 4.73. The Balaban J connectivity index is 1.23. The first-order valence-electron chi connectivity index (χ1n) is 13.0. The zero-order valence-corrected chi connectivity index (χ0v) is 21.4. The lowest BCUT2D eigenvalue weighted by Gasteiger charge is -2.10. The molecule has 0 spiro atoms. The molecule has 0 saturated carbocycles. The smallest absolute Gasteiger partial charge is 0.137 e. The molecule has 0 amide bonds. The molecule has 3 heterocycles. The third-order valence-corrected chi connectivity index (χ3v) is 7.48. The highest BCUT2D eigenvalue weighted by molar-refractivity contribution is 5.85. The maximum Gasteiger partial charge on any atom is 0.137 e. The fourth-order valence-corrected chi connectivity index (χ4v) is 5.48. The molecule has 3 aromatic heterocycles. The Morgan fingerprint density at radius 1 is 0.694 bits per heavy atom. The number of furan rings is 3. The molecular weight excluding hydrogens is 444 g/mol. The largest absolute Gasteiger partial charge is 0.468 e. The van der Waals surface area contributed by atoms with Gasteiger partial charge in [0.15, 0.2) is 0 Å². The minimum Gasteiger partial charge on any atom is -0.468 e. The van der Waals surface area contributed by atoms with E-state index in [1.54, 1.807) is 0 Å². The summed E-state index contributed by atoms with van der Waals surface area (Å²) in [5.41, 5.74) is 5.71. The van der Waals surface area contributed by atoms with Crippen molar-refractivity contribution in [1.29, 1.82) is 0 Å². The van der Waals surface area contributed by atoms with Gasteiger partial charge in [0.2, 0.25) is 0 Å². The van der Waals surface area contributed by atoms with Crippen LogP contribution in [0.3, 0.4) is 0 Å². The molecule has 0 radical (unpaired) electrons. The van der Waals surface area contributed by atoms with Crippen LogP contribution in [0, 0.1) is 0 Å². The predicted octanol–water partition coefficient (Wildman–Crippen LogP) is 9.74. The van der Waals surface area contributed by atoms with Crippen LogP contribution in [0.25, 0.3) is 32.7 Å². The molecule has 0 fully saturated rings. The molecule has 6 rings (SSSR count). The van der Waals surface area contributed by atoms with Crippen LogP contribution < -0.4 is 0 Å². The molecule has 0 bridgehead atoms. The standard InChI is InChI=1S/C33H32O3/c1-20(2)29-19-35-33-25(9-7-11-28(29)33)15-21(3)30-17-24-13-12-23(16-31(24)36-30)14-22(4)32-27-10-6-5-8-26(27)18-34-32/h5-13,16-22H,14-15H2,1-4H3.